The maximum atomic E-state index is 13.5. The van der Waals surface area contributed by atoms with Gasteiger partial charge in [-0.15, -0.1) is 0 Å². The van der Waals surface area contributed by atoms with Gasteiger partial charge in [0.05, 0.1) is 23.2 Å². The molecule has 33 heavy (non-hydrogen) atoms. The molecule has 0 bridgehead atoms. The first kappa shape index (κ1) is 21.5. The van der Waals surface area contributed by atoms with Crippen LogP contribution in [0.4, 0.5) is 5.69 Å². The third-order valence-electron chi connectivity index (χ3n) is 6.32. The zero-order valence-electron chi connectivity index (χ0n) is 18.4. The second-order valence-electron chi connectivity index (χ2n) is 8.58. The normalized spacial score (nSPS) is 19.7. The number of rotatable bonds is 4. The molecule has 3 aromatic rings. The Kier molecular flexibility index (Phi) is 5.58. The lowest BCUT2D eigenvalue weighted by molar-refractivity contribution is -0.128. The maximum Gasteiger partial charge on any atom is 0.264 e. The third kappa shape index (κ3) is 4.09. The van der Waals surface area contributed by atoms with Gasteiger partial charge in [-0.05, 0) is 61.6 Å². The number of anilines is 1. The van der Waals surface area contributed by atoms with Crippen LogP contribution in [0.1, 0.15) is 35.6 Å². The molecular formula is C26H26N2O4S. The highest BCUT2D eigenvalue weighted by atomic mass is 32.2. The van der Waals surface area contributed by atoms with Gasteiger partial charge in [-0.1, -0.05) is 54.1 Å². The van der Waals surface area contributed by atoms with Crippen molar-refractivity contribution < 1.29 is 17.9 Å². The van der Waals surface area contributed by atoms with E-state index < -0.39 is 16.1 Å². The number of ether oxygens (including phenoxy) is 1. The quantitative estimate of drug-likeness (QED) is 0.632. The average molecular weight is 463 g/mol. The number of hydrogen-bond donors (Lipinski definition) is 1. The van der Waals surface area contributed by atoms with Crippen molar-refractivity contribution in [2.45, 2.75) is 43.2 Å². The van der Waals surface area contributed by atoms with Crippen LogP contribution in [0.2, 0.25) is 0 Å². The number of para-hydroxylation sites is 2. The van der Waals surface area contributed by atoms with Crippen LogP contribution in [-0.4, -0.2) is 27.0 Å². The maximum absolute atomic E-state index is 13.5. The molecule has 0 aromatic heterocycles. The van der Waals surface area contributed by atoms with Gasteiger partial charge in [0.1, 0.15) is 5.75 Å². The predicted molar refractivity (Wildman–Crippen MR) is 127 cm³/mol. The van der Waals surface area contributed by atoms with Crippen molar-refractivity contribution in [2.24, 2.45) is 0 Å². The van der Waals surface area contributed by atoms with Gasteiger partial charge in [0.2, 0.25) is 0 Å². The molecule has 1 amide bonds. The molecule has 5 rings (SSSR count). The van der Waals surface area contributed by atoms with Gasteiger partial charge >= 0.3 is 0 Å². The van der Waals surface area contributed by atoms with E-state index in [4.69, 9.17) is 4.74 Å². The number of amides is 1. The largest absolute Gasteiger partial charge is 0.476 e. The number of fused-ring (bicyclic) bond motifs is 2. The van der Waals surface area contributed by atoms with Gasteiger partial charge in [0.15, 0.2) is 6.10 Å². The number of sulfonamides is 1. The molecule has 0 saturated heterocycles. The van der Waals surface area contributed by atoms with Crippen molar-refractivity contribution in [3.05, 3.63) is 89.5 Å². The van der Waals surface area contributed by atoms with Crippen LogP contribution < -0.4 is 14.4 Å². The SMILES string of the molecule is Cc1ccc(S(=O)(=O)N2C[C@H](C(=O)N[C@H]3CCCc4ccccc43)Oc3ccccc32)cc1. The molecule has 0 radical (unpaired) electrons. The first-order valence-corrected chi connectivity index (χ1v) is 12.6. The van der Waals surface area contributed by atoms with Gasteiger partial charge in [-0.3, -0.25) is 9.10 Å². The fourth-order valence-electron chi connectivity index (χ4n) is 4.57. The van der Waals surface area contributed by atoms with E-state index in [-0.39, 0.29) is 23.4 Å². The van der Waals surface area contributed by atoms with Crippen molar-refractivity contribution in [3.8, 4) is 5.75 Å². The van der Waals surface area contributed by atoms with Crippen LogP contribution in [0.5, 0.6) is 5.75 Å². The molecule has 0 fully saturated rings. The summed E-state index contributed by atoms with van der Waals surface area (Å²) in [6.45, 7) is 1.82. The molecule has 3 aromatic carbocycles. The average Bonchev–Trinajstić information content (AvgIpc) is 2.84. The molecule has 0 unspecified atom stereocenters. The number of benzene rings is 3. The van der Waals surface area contributed by atoms with Crippen LogP contribution in [0, 0.1) is 6.92 Å². The van der Waals surface area contributed by atoms with E-state index in [1.54, 1.807) is 48.5 Å². The minimum Gasteiger partial charge on any atom is -0.476 e. The second-order valence-corrected chi connectivity index (χ2v) is 10.4. The minimum absolute atomic E-state index is 0.0899. The molecule has 1 aliphatic carbocycles. The zero-order chi connectivity index (χ0) is 23.0. The lowest BCUT2D eigenvalue weighted by Crippen LogP contribution is -2.51. The summed E-state index contributed by atoms with van der Waals surface area (Å²) in [5, 5.41) is 3.11. The standard InChI is InChI=1S/C26H26N2O4S/c1-18-13-15-20(16-14-18)33(30,31)28-17-25(32-24-12-5-4-11-23(24)28)26(29)27-22-10-6-8-19-7-2-3-9-21(19)22/h2-5,7,9,11-16,22,25H,6,8,10,17H2,1H3,(H,27,29)/t22-,25+/m0/s1. The molecule has 1 N–H and O–H groups in total. The third-order valence-corrected chi connectivity index (χ3v) is 8.12. The Labute approximate surface area is 194 Å². The van der Waals surface area contributed by atoms with Crippen LogP contribution in [0.25, 0.3) is 0 Å². The molecule has 2 atom stereocenters. The number of carbonyl (C=O) groups is 1. The molecule has 7 heteroatoms. The van der Waals surface area contributed by atoms with E-state index in [0.29, 0.717) is 11.4 Å². The summed E-state index contributed by atoms with van der Waals surface area (Å²) in [7, 11) is -3.87. The lowest BCUT2D eigenvalue weighted by atomic mass is 9.87. The predicted octanol–water partition coefficient (Wildman–Crippen LogP) is 4.15. The lowest BCUT2D eigenvalue weighted by Gasteiger charge is -2.36. The van der Waals surface area contributed by atoms with Crippen LogP contribution in [0.15, 0.2) is 77.7 Å². The summed E-state index contributed by atoms with van der Waals surface area (Å²) >= 11 is 0. The van der Waals surface area contributed by atoms with Gasteiger partial charge in [-0.2, -0.15) is 0 Å². The Balaban J connectivity index is 1.44. The molecular weight excluding hydrogens is 436 g/mol. The minimum atomic E-state index is -3.87. The van der Waals surface area contributed by atoms with E-state index in [0.717, 1.165) is 30.4 Å². The first-order chi connectivity index (χ1) is 15.9. The molecule has 0 spiro atoms. The Morgan fingerprint density at radius 3 is 2.55 bits per heavy atom. The van der Waals surface area contributed by atoms with Crippen LogP contribution in [-0.2, 0) is 21.2 Å². The zero-order valence-corrected chi connectivity index (χ0v) is 19.2. The van der Waals surface area contributed by atoms with Crippen molar-refractivity contribution >= 4 is 21.6 Å². The van der Waals surface area contributed by atoms with Gasteiger partial charge in [-0.25, -0.2) is 8.42 Å². The molecule has 6 nitrogen and oxygen atoms in total. The van der Waals surface area contributed by atoms with Crippen molar-refractivity contribution in [2.75, 3.05) is 10.8 Å². The van der Waals surface area contributed by atoms with Crippen molar-refractivity contribution in [1.29, 1.82) is 0 Å². The first-order valence-electron chi connectivity index (χ1n) is 11.2. The summed E-state index contributed by atoms with van der Waals surface area (Å²) < 4.78 is 34.3. The highest BCUT2D eigenvalue weighted by Gasteiger charge is 2.38. The number of hydrogen-bond acceptors (Lipinski definition) is 4. The van der Waals surface area contributed by atoms with E-state index in [1.807, 2.05) is 25.1 Å². The summed E-state index contributed by atoms with van der Waals surface area (Å²) in [6.07, 6.45) is 1.88. The molecule has 170 valence electrons. The van der Waals surface area contributed by atoms with E-state index >= 15 is 0 Å². The van der Waals surface area contributed by atoms with Gasteiger partial charge in [0.25, 0.3) is 15.9 Å². The Bertz CT molecular complexity index is 1290. The highest BCUT2D eigenvalue weighted by molar-refractivity contribution is 7.92. The fraction of sp³-hybridized carbons (Fsp3) is 0.269. The Morgan fingerprint density at radius 1 is 1.00 bits per heavy atom. The number of nitrogens with zero attached hydrogens (tertiary/aromatic N) is 1. The van der Waals surface area contributed by atoms with Crippen molar-refractivity contribution in [3.63, 3.8) is 0 Å². The Morgan fingerprint density at radius 2 is 1.73 bits per heavy atom. The highest BCUT2D eigenvalue weighted by Crippen LogP contribution is 2.37. The van der Waals surface area contributed by atoms with Crippen molar-refractivity contribution in [1.82, 2.24) is 5.32 Å². The molecule has 0 saturated carbocycles. The summed E-state index contributed by atoms with van der Waals surface area (Å²) in [5.74, 6) is 0.0685. The molecule has 1 heterocycles. The molecule has 1 aliphatic heterocycles. The second kappa shape index (κ2) is 8.56. The van der Waals surface area contributed by atoms with E-state index in [9.17, 15) is 13.2 Å². The smallest absolute Gasteiger partial charge is 0.264 e. The fourth-order valence-corrected chi connectivity index (χ4v) is 6.05. The summed E-state index contributed by atoms with van der Waals surface area (Å²) in [4.78, 5) is 13.5. The van der Waals surface area contributed by atoms with Gasteiger partial charge in [0, 0.05) is 0 Å². The topological polar surface area (TPSA) is 75.7 Å². The number of aryl methyl sites for hydroxylation is 2. The monoisotopic (exact) mass is 462 g/mol. The van der Waals surface area contributed by atoms with E-state index in [1.165, 1.54) is 9.87 Å². The number of nitrogens with one attached hydrogen (secondary N) is 1. The van der Waals surface area contributed by atoms with Crippen LogP contribution in [0.3, 0.4) is 0 Å². The van der Waals surface area contributed by atoms with Gasteiger partial charge < -0.3 is 10.1 Å². The Hall–Kier alpha value is -3.32. The summed E-state index contributed by atoms with van der Waals surface area (Å²) in [5.41, 5.74) is 3.77. The number of carbonyl (C=O) groups excluding carboxylic acids is 1. The van der Waals surface area contributed by atoms with E-state index in [2.05, 4.69) is 11.4 Å². The summed E-state index contributed by atoms with van der Waals surface area (Å²) in [6, 6.07) is 21.7. The van der Waals surface area contributed by atoms with Crippen LogP contribution >= 0.6 is 0 Å². The molecule has 2 aliphatic rings.